The monoisotopic (exact) mass is 233 g/mol. The van der Waals surface area contributed by atoms with Crippen LogP contribution in [0.4, 0.5) is 5.69 Å². The Balaban J connectivity index is 0.000000963. The summed E-state index contributed by atoms with van der Waals surface area (Å²) in [5, 5.41) is 2.42. The van der Waals surface area contributed by atoms with E-state index < -0.39 is 0 Å². The van der Waals surface area contributed by atoms with Gasteiger partial charge in [0.05, 0.1) is 0 Å². The molecule has 3 nitrogen and oxygen atoms in total. The van der Waals surface area contributed by atoms with E-state index >= 15 is 0 Å². The van der Waals surface area contributed by atoms with Crippen LogP contribution in [-0.2, 0) is 0 Å². The van der Waals surface area contributed by atoms with E-state index in [1.54, 1.807) is 0 Å². The molecule has 0 bridgehead atoms. The minimum atomic E-state index is 0. The highest BCUT2D eigenvalue weighted by Crippen LogP contribution is 2.27. The van der Waals surface area contributed by atoms with Gasteiger partial charge in [-0.25, -0.2) is 0 Å². The molecule has 2 aromatic carbocycles. The van der Waals surface area contributed by atoms with Gasteiger partial charge in [-0.15, -0.1) is 12.4 Å². The van der Waals surface area contributed by atoms with E-state index in [0.29, 0.717) is 0 Å². The molecule has 0 spiro atoms. The number of nitrogens with one attached hydrogen (secondary N) is 2. The summed E-state index contributed by atoms with van der Waals surface area (Å²) in [6.07, 6.45) is 0. The number of aromatic nitrogens is 1. The van der Waals surface area contributed by atoms with Gasteiger partial charge in [-0.1, -0.05) is 18.2 Å². The van der Waals surface area contributed by atoms with E-state index in [2.05, 4.69) is 22.5 Å². The smallest absolute Gasteiger partial charge is 0.0492 e. The predicted molar refractivity (Wildman–Crippen MR) is 70.9 cm³/mol. The molecule has 1 heterocycles. The van der Waals surface area contributed by atoms with Gasteiger partial charge in [0.2, 0.25) is 0 Å². The molecule has 0 aliphatic heterocycles. The van der Waals surface area contributed by atoms with Gasteiger partial charge in [-0.3, -0.25) is 5.84 Å². The number of benzene rings is 2. The van der Waals surface area contributed by atoms with Gasteiger partial charge >= 0.3 is 0 Å². The Morgan fingerprint density at radius 1 is 0.938 bits per heavy atom. The summed E-state index contributed by atoms with van der Waals surface area (Å²) >= 11 is 0. The molecule has 4 heteroatoms. The van der Waals surface area contributed by atoms with Crippen molar-refractivity contribution in [1.29, 1.82) is 0 Å². The molecule has 16 heavy (non-hydrogen) atoms. The van der Waals surface area contributed by atoms with Crippen LogP contribution in [-0.4, -0.2) is 4.98 Å². The first-order valence-electron chi connectivity index (χ1n) is 4.85. The van der Waals surface area contributed by atoms with Gasteiger partial charge in [0.25, 0.3) is 0 Å². The predicted octanol–water partition coefficient (Wildman–Crippen LogP) is 3.03. The van der Waals surface area contributed by atoms with Crippen molar-refractivity contribution in [2.45, 2.75) is 0 Å². The third-order valence-electron chi connectivity index (χ3n) is 2.67. The Morgan fingerprint density at radius 2 is 1.69 bits per heavy atom. The first kappa shape index (κ1) is 10.8. The van der Waals surface area contributed by atoms with Crippen LogP contribution in [0.1, 0.15) is 0 Å². The summed E-state index contributed by atoms with van der Waals surface area (Å²) < 4.78 is 0. The van der Waals surface area contributed by atoms with E-state index in [1.807, 2.05) is 30.3 Å². The molecule has 4 N–H and O–H groups in total. The van der Waals surface area contributed by atoms with Crippen LogP contribution in [0.5, 0.6) is 0 Å². The van der Waals surface area contributed by atoms with Crippen LogP contribution in [0.3, 0.4) is 0 Å². The normalized spacial score (nSPS) is 10.3. The molecule has 0 radical (unpaired) electrons. The largest absolute Gasteiger partial charge is 0.355 e. The van der Waals surface area contributed by atoms with E-state index in [9.17, 15) is 0 Å². The molecule has 3 rings (SSSR count). The molecular formula is C12H12ClN3. The lowest BCUT2D eigenvalue weighted by atomic mass is 10.1. The Morgan fingerprint density at radius 3 is 2.50 bits per heavy atom. The van der Waals surface area contributed by atoms with Crippen molar-refractivity contribution >= 4 is 39.9 Å². The topological polar surface area (TPSA) is 53.8 Å². The van der Waals surface area contributed by atoms with Crippen LogP contribution in [0.25, 0.3) is 21.8 Å². The van der Waals surface area contributed by atoms with Crippen molar-refractivity contribution in [1.82, 2.24) is 4.98 Å². The number of halogens is 1. The molecule has 0 saturated carbocycles. The summed E-state index contributed by atoms with van der Waals surface area (Å²) in [5.41, 5.74) is 5.87. The fourth-order valence-electron chi connectivity index (χ4n) is 1.94. The van der Waals surface area contributed by atoms with Crippen LogP contribution < -0.4 is 11.3 Å². The molecule has 0 aliphatic rings. The third-order valence-corrected chi connectivity index (χ3v) is 2.67. The Hall–Kier alpha value is -1.71. The lowest BCUT2D eigenvalue weighted by Gasteiger charge is -1.98. The maximum Gasteiger partial charge on any atom is 0.0492 e. The van der Waals surface area contributed by atoms with Gasteiger partial charge in [0.15, 0.2) is 0 Å². The van der Waals surface area contributed by atoms with Gasteiger partial charge in [-0.05, 0) is 24.3 Å². The van der Waals surface area contributed by atoms with Crippen molar-refractivity contribution < 1.29 is 0 Å². The fraction of sp³-hybridized carbons (Fsp3) is 0. The van der Waals surface area contributed by atoms with Crippen molar-refractivity contribution in [3.05, 3.63) is 42.5 Å². The highest BCUT2D eigenvalue weighted by Gasteiger charge is 2.03. The van der Waals surface area contributed by atoms with Crippen molar-refractivity contribution in [2.75, 3.05) is 5.43 Å². The zero-order valence-electron chi connectivity index (χ0n) is 8.53. The number of nitrogen functional groups attached to an aromatic ring is 1. The van der Waals surface area contributed by atoms with Gasteiger partial charge < -0.3 is 10.4 Å². The maximum absolute atomic E-state index is 5.39. The summed E-state index contributed by atoms with van der Waals surface area (Å²) in [7, 11) is 0. The average Bonchev–Trinajstić information content (AvgIpc) is 2.66. The van der Waals surface area contributed by atoms with Crippen molar-refractivity contribution in [3.8, 4) is 0 Å². The Kier molecular flexibility index (Phi) is 2.73. The number of hydrazine groups is 1. The van der Waals surface area contributed by atoms with E-state index in [1.165, 1.54) is 10.8 Å². The summed E-state index contributed by atoms with van der Waals surface area (Å²) in [5.74, 6) is 5.39. The summed E-state index contributed by atoms with van der Waals surface area (Å²) in [4.78, 5) is 3.36. The van der Waals surface area contributed by atoms with Gasteiger partial charge in [0, 0.05) is 27.5 Å². The molecule has 0 saturated heterocycles. The number of hydrogen-bond acceptors (Lipinski definition) is 2. The second-order valence-electron chi connectivity index (χ2n) is 3.58. The van der Waals surface area contributed by atoms with Crippen molar-refractivity contribution in [2.24, 2.45) is 5.84 Å². The molecule has 82 valence electrons. The number of aromatic amines is 1. The quantitative estimate of drug-likeness (QED) is 0.447. The highest BCUT2D eigenvalue weighted by molar-refractivity contribution is 6.08. The minimum Gasteiger partial charge on any atom is -0.355 e. The van der Waals surface area contributed by atoms with Crippen LogP contribution in [0.15, 0.2) is 42.5 Å². The molecular weight excluding hydrogens is 222 g/mol. The summed E-state index contributed by atoms with van der Waals surface area (Å²) in [6.45, 7) is 0. The van der Waals surface area contributed by atoms with Crippen LogP contribution in [0.2, 0.25) is 0 Å². The number of para-hydroxylation sites is 1. The molecule has 0 amide bonds. The zero-order valence-corrected chi connectivity index (χ0v) is 9.34. The zero-order chi connectivity index (χ0) is 10.3. The molecule has 1 aromatic heterocycles. The second kappa shape index (κ2) is 4.04. The highest BCUT2D eigenvalue weighted by atomic mass is 35.5. The van der Waals surface area contributed by atoms with Crippen LogP contribution in [0, 0.1) is 0 Å². The first-order valence-corrected chi connectivity index (χ1v) is 4.85. The number of anilines is 1. The second-order valence-corrected chi connectivity index (χ2v) is 3.58. The van der Waals surface area contributed by atoms with Crippen LogP contribution >= 0.6 is 12.4 Å². The fourth-order valence-corrected chi connectivity index (χ4v) is 1.94. The standard InChI is InChI=1S/C12H11N3.ClH/c13-15-8-5-6-12-10(7-8)9-3-1-2-4-11(9)14-12;/h1-7,14-15H,13H2;1H. The van der Waals surface area contributed by atoms with E-state index in [4.69, 9.17) is 5.84 Å². The Bertz CT molecular complexity index is 630. The number of hydrogen-bond donors (Lipinski definition) is 3. The Labute approximate surface area is 99.0 Å². The number of H-pyrrole nitrogens is 1. The van der Waals surface area contributed by atoms with Gasteiger partial charge in [0.1, 0.15) is 0 Å². The SMILES string of the molecule is Cl.NNc1ccc2[nH]c3ccccc3c2c1. The molecule has 0 aliphatic carbocycles. The van der Waals surface area contributed by atoms with E-state index in [0.717, 1.165) is 16.7 Å². The van der Waals surface area contributed by atoms with E-state index in [-0.39, 0.29) is 12.4 Å². The average molecular weight is 234 g/mol. The molecule has 0 atom stereocenters. The minimum absolute atomic E-state index is 0. The molecule has 3 aromatic rings. The number of rotatable bonds is 1. The van der Waals surface area contributed by atoms with Gasteiger partial charge in [-0.2, -0.15) is 0 Å². The molecule has 0 unspecified atom stereocenters. The van der Waals surface area contributed by atoms with Crippen molar-refractivity contribution in [3.63, 3.8) is 0 Å². The summed E-state index contributed by atoms with van der Waals surface area (Å²) in [6, 6.07) is 14.3. The third kappa shape index (κ3) is 1.50. The number of fused-ring (bicyclic) bond motifs is 3. The maximum atomic E-state index is 5.39. The molecule has 0 fully saturated rings. The first-order chi connectivity index (χ1) is 7.38. The number of nitrogens with two attached hydrogens (primary N) is 1. The lowest BCUT2D eigenvalue weighted by molar-refractivity contribution is 1.36. The lowest BCUT2D eigenvalue weighted by Crippen LogP contribution is -2.05.